The molecule has 0 aliphatic heterocycles. The van der Waals surface area contributed by atoms with E-state index >= 15 is 0 Å². The molecule has 0 unspecified atom stereocenters. The monoisotopic (exact) mass is 461 g/mol. The molecule has 0 aliphatic carbocycles. The van der Waals surface area contributed by atoms with E-state index in [2.05, 4.69) is 60.1 Å². The van der Waals surface area contributed by atoms with E-state index in [9.17, 15) is 0 Å². The number of nitrogens with zero attached hydrogens (tertiary/aromatic N) is 6. The van der Waals surface area contributed by atoms with Gasteiger partial charge in [0, 0.05) is 12.4 Å². The maximum atomic E-state index is 6.37. The average Bonchev–Trinajstić information content (AvgIpc) is 3.29. The molecular formula is C18H17BrClN7O. The van der Waals surface area contributed by atoms with Crippen LogP contribution in [-0.2, 0) is 0 Å². The van der Waals surface area contributed by atoms with Crippen molar-refractivity contribution in [3.05, 3.63) is 51.7 Å². The summed E-state index contributed by atoms with van der Waals surface area (Å²) in [6.45, 7) is 6.14. The summed E-state index contributed by atoms with van der Waals surface area (Å²) in [4.78, 5) is 17.4. The zero-order valence-corrected chi connectivity index (χ0v) is 17.7. The third kappa shape index (κ3) is 3.59. The van der Waals surface area contributed by atoms with Gasteiger partial charge in [-0.3, -0.25) is 0 Å². The molecule has 8 nitrogen and oxygen atoms in total. The number of oxazole rings is 1. The summed E-state index contributed by atoms with van der Waals surface area (Å²) in [5.74, 6) is 1.39. The van der Waals surface area contributed by atoms with Crippen molar-refractivity contribution in [1.29, 1.82) is 0 Å². The molecule has 0 amide bonds. The van der Waals surface area contributed by atoms with E-state index in [1.54, 1.807) is 17.1 Å². The van der Waals surface area contributed by atoms with Gasteiger partial charge in [-0.15, -0.1) is 0 Å². The van der Waals surface area contributed by atoms with Gasteiger partial charge in [-0.1, -0.05) is 25.4 Å². The van der Waals surface area contributed by atoms with Gasteiger partial charge in [0.25, 0.3) is 12.0 Å². The number of aromatic nitrogens is 6. The molecule has 1 atom stereocenters. The molecule has 1 N–H and O–H groups in total. The van der Waals surface area contributed by atoms with Crippen molar-refractivity contribution in [3.8, 4) is 5.95 Å². The van der Waals surface area contributed by atoms with Gasteiger partial charge in [0.05, 0.1) is 15.5 Å². The fourth-order valence-corrected chi connectivity index (χ4v) is 3.24. The highest BCUT2D eigenvalue weighted by Crippen LogP contribution is 2.31. The summed E-state index contributed by atoms with van der Waals surface area (Å²) < 4.78 is 8.17. The molecule has 0 fully saturated rings. The van der Waals surface area contributed by atoms with E-state index in [4.69, 9.17) is 16.0 Å². The van der Waals surface area contributed by atoms with Crippen LogP contribution in [0.4, 0.5) is 6.01 Å². The SMILES string of the molecule is CC(C)c1cc(Cl)c2oc(N[C@@H](C)c3ncnn3-c3ncc(Br)cn3)nc2c1. The quantitative estimate of drug-likeness (QED) is 0.450. The Morgan fingerprint density at radius 2 is 1.89 bits per heavy atom. The lowest BCUT2D eigenvalue weighted by atomic mass is 10.0. The van der Waals surface area contributed by atoms with Crippen molar-refractivity contribution in [3.63, 3.8) is 0 Å². The van der Waals surface area contributed by atoms with Gasteiger partial charge in [-0.25, -0.2) is 15.0 Å². The summed E-state index contributed by atoms with van der Waals surface area (Å²) in [6, 6.07) is 4.00. The fraction of sp³-hybridized carbons (Fsp3) is 0.278. The Balaban J connectivity index is 1.62. The second kappa shape index (κ2) is 7.48. The van der Waals surface area contributed by atoms with E-state index < -0.39 is 0 Å². The molecule has 28 heavy (non-hydrogen) atoms. The van der Waals surface area contributed by atoms with Crippen LogP contribution in [0.2, 0.25) is 5.02 Å². The van der Waals surface area contributed by atoms with Crippen LogP contribution in [0, 0.1) is 0 Å². The average molecular weight is 463 g/mol. The molecule has 0 bridgehead atoms. The van der Waals surface area contributed by atoms with Crippen LogP contribution >= 0.6 is 27.5 Å². The van der Waals surface area contributed by atoms with Crippen LogP contribution in [0.1, 0.15) is 44.1 Å². The van der Waals surface area contributed by atoms with E-state index in [1.165, 1.54) is 6.33 Å². The van der Waals surface area contributed by atoms with Gasteiger partial charge in [0.15, 0.2) is 11.4 Å². The molecule has 10 heteroatoms. The van der Waals surface area contributed by atoms with Crippen molar-refractivity contribution in [1.82, 2.24) is 29.7 Å². The largest absolute Gasteiger partial charge is 0.422 e. The second-order valence-corrected chi connectivity index (χ2v) is 7.94. The predicted molar refractivity (Wildman–Crippen MR) is 110 cm³/mol. The summed E-state index contributed by atoms with van der Waals surface area (Å²) >= 11 is 9.69. The standard InChI is InChI=1S/C18H17BrClN7O/c1-9(2)11-4-13(20)15-14(5-11)26-18(28-15)25-10(3)16-23-8-24-27(16)17-21-6-12(19)7-22-17/h4-10H,1-3H3,(H,25,26)/t10-/m0/s1. The summed E-state index contributed by atoms with van der Waals surface area (Å²) in [5.41, 5.74) is 2.37. The fourth-order valence-electron chi connectivity index (χ4n) is 2.77. The van der Waals surface area contributed by atoms with E-state index in [1.807, 2.05) is 19.1 Å². The second-order valence-electron chi connectivity index (χ2n) is 6.62. The highest BCUT2D eigenvalue weighted by atomic mass is 79.9. The number of hydrogen-bond acceptors (Lipinski definition) is 7. The first kappa shape index (κ1) is 18.8. The van der Waals surface area contributed by atoms with Crippen LogP contribution in [0.25, 0.3) is 17.0 Å². The minimum absolute atomic E-state index is 0.258. The number of benzene rings is 1. The zero-order chi connectivity index (χ0) is 19.8. The molecule has 144 valence electrons. The first-order chi connectivity index (χ1) is 13.4. The summed E-state index contributed by atoms with van der Waals surface area (Å²) in [6.07, 6.45) is 4.76. The molecule has 0 radical (unpaired) electrons. The molecule has 3 heterocycles. The lowest BCUT2D eigenvalue weighted by Crippen LogP contribution is -2.15. The molecule has 4 rings (SSSR count). The van der Waals surface area contributed by atoms with Gasteiger partial charge in [0.2, 0.25) is 0 Å². The van der Waals surface area contributed by atoms with Crippen molar-refractivity contribution >= 4 is 44.6 Å². The van der Waals surface area contributed by atoms with Crippen LogP contribution in [0.15, 0.2) is 39.7 Å². The predicted octanol–water partition coefficient (Wildman–Crippen LogP) is 4.91. The smallest absolute Gasteiger partial charge is 0.296 e. The minimum Gasteiger partial charge on any atom is -0.422 e. The molecule has 0 spiro atoms. The van der Waals surface area contributed by atoms with Crippen molar-refractivity contribution in [2.24, 2.45) is 0 Å². The van der Waals surface area contributed by atoms with Gasteiger partial charge < -0.3 is 9.73 Å². The van der Waals surface area contributed by atoms with Crippen LogP contribution in [0.3, 0.4) is 0 Å². The first-order valence-electron chi connectivity index (χ1n) is 8.66. The van der Waals surface area contributed by atoms with E-state index in [0.717, 1.165) is 10.0 Å². The highest BCUT2D eigenvalue weighted by Gasteiger charge is 2.19. The van der Waals surface area contributed by atoms with Crippen molar-refractivity contribution < 1.29 is 4.42 Å². The normalized spacial score (nSPS) is 12.6. The summed E-state index contributed by atoms with van der Waals surface area (Å²) in [5, 5.41) is 7.97. The third-order valence-electron chi connectivity index (χ3n) is 4.23. The molecule has 0 saturated heterocycles. The lowest BCUT2D eigenvalue weighted by molar-refractivity contribution is 0.593. The Morgan fingerprint density at radius 3 is 2.61 bits per heavy atom. The third-order valence-corrected chi connectivity index (χ3v) is 4.92. The molecule has 1 aromatic carbocycles. The van der Waals surface area contributed by atoms with Crippen molar-refractivity contribution in [2.75, 3.05) is 5.32 Å². The minimum atomic E-state index is -0.258. The number of rotatable bonds is 5. The van der Waals surface area contributed by atoms with Gasteiger partial charge in [-0.2, -0.15) is 14.8 Å². The number of fused-ring (bicyclic) bond motifs is 1. The highest BCUT2D eigenvalue weighted by molar-refractivity contribution is 9.10. The molecule has 3 aromatic heterocycles. The molecule has 0 aliphatic rings. The number of nitrogens with one attached hydrogen (secondary N) is 1. The number of hydrogen-bond donors (Lipinski definition) is 1. The Hall–Kier alpha value is -2.52. The lowest BCUT2D eigenvalue weighted by Gasteiger charge is -2.12. The van der Waals surface area contributed by atoms with E-state index in [-0.39, 0.29) is 6.04 Å². The maximum absolute atomic E-state index is 6.37. The first-order valence-corrected chi connectivity index (χ1v) is 9.84. The van der Waals surface area contributed by atoms with E-state index in [0.29, 0.717) is 39.8 Å². The molecule has 0 saturated carbocycles. The molecular weight excluding hydrogens is 446 g/mol. The number of anilines is 1. The Labute approximate surface area is 174 Å². The zero-order valence-electron chi connectivity index (χ0n) is 15.4. The summed E-state index contributed by atoms with van der Waals surface area (Å²) in [7, 11) is 0. The van der Waals surface area contributed by atoms with Gasteiger partial charge in [0.1, 0.15) is 11.8 Å². The Kier molecular flexibility index (Phi) is 5.03. The van der Waals surface area contributed by atoms with Crippen LogP contribution in [0.5, 0.6) is 0 Å². The Bertz CT molecular complexity index is 1120. The van der Waals surface area contributed by atoms with Gasteiger partial charge in [-0.05, 0) is 46.5 Å². The van der Waals surface area contributed by atoms with Crippen LogP contribution < -0.4 is 5.32 Å². The van der Waals surface area contributed by atoms with Gasteiger partial charge >= 0.3 is 0 Å². The maximum Gasteiger partial charge on any atom is 0.296 e. The topological polar surface area (TPSA) is 94.6 Å². The van der Waals surface area contributed by atoms with Crippen LogP contribution in [-0.4, -0.2) is 29.7 Å². The Morgan fingerprint density at radius 1 is 1.14 bits per heavy atom. The van der Waals surface area contributed by atoms with Crippen molar-refractivity contribution in [2.45, 2.75) is 32.7 Å². The number of halogens is 2. The molecule has 4 aromatic rings.